The number of hydrogen-bond donors (Lipinski definition) is 2. The van der Waals surface area contributed by atoms with Gasteiger partial charge in [-0.15, -0.1) is 0 Å². The van der Waals surface area contributed by atoms with E-state index >= 15 is 0 Å². The number of nitrogens with two attached hydrogens (primary N) is 1. The van der Waals surface area contributed by atoms with Crippen molar-refractivity contribution in [1.29, 1.82) is 0 Å². The van der Waals surface area contributed by atoms with E-state index in [9.17, 15) is 4.79 Å². The molecule has 1 aromatic carbocycles. The number of aromatic nitrogens is 2. The molecule has 1 fully saturated rings. The highest BCUT2D eigenvalue weighted by atomic mass is 16.1. The number of rotatable bonds is 4. The first-order valence-corrected chi connectivity index (χ1v) is 7.32. The molecule has 1 aliphatic heterocycles. The second kappa shape index (κ2) is 6.10. The Bertz CT molecular complexity index is 574. The number of H-pyrrole nitrogens is 1. The van der Waals surface area contributed by atoms with Crippen LogP contribution in [0.25, 0.3) is 0 Å². The number of benzene rings is 1. The number of nitrogens with one attached hydrogen (secondary N) is 1. The third-order valence-corrected chi connectivity index (χ3v) is 4.27. The SMILES string of the molecule is NC(=O)C(c1ccccc1)N1CCC(c2cn[nH]c2)CC1. The highest BCUT2D eigenvalue weighted by Gasteiger charge is 2.30. The van der Waals surface area contributed by atoms with Gasteiger partial charge in [0.25, 0.3) is 0 Å². The van der Waals surface area contributed by atoms with Gasteiger partial charge >= 0.3 is 0 Å². The number of hydrogen-bond acceptors (Lipinski definition) is 3. The zero-order chi connectivity index (χ0) is 14.7. The van der Waals surface area contributed by atoms with Gasteiger partial charge in [-0.2, -0.15) is 5.10 Å². The fraction of sp³-hybridized carbons (Fsp3) is 0.375. The Balaban J connectivity index is 1.71. The first kappa shape index (κ1) is 13.8. The molecule has 3 N–H and O–H groups in total. The summed E-state index contributed by atoms with van der Waals surface area (Å²) in [7, 11) is 0. The lowest BCUT2D eigenvalue weighted by molar-refractivity contribution is -0.124. The molecule has 1 atom stereocenters. The first-order chi connectivity index (χ1) is 10.3. The number of amides is 1. The van der Waals surface area contributed by atoms with Crippen molar-refractivity contribution < 1.29 is 4.79 Å². The number of aromatic amines is 1. The molecule has 0 saturated carbocycles. The molecule has 1 aliphatic rings. The van der Waals surface area contributed by atoms with Crippen molar-refractivity contribution in [1.82, 2.24) is 15.1 Å². The molecular formula is C16H20N4O. The summed E-state index contributed by atoms with van der Waals surface area (Å²) in [6, 6.07) is 9.46. The van der Waals surface area contributed by atoms with E-state index < -0.39 is 0 Å². The fourth-order valence-electron chi connectivity index (χ4n) is 3.17. The average Bonchev–Trinajstić information content (AvgIpc) is 3.03. The third-order valence-electron chi connectivity index (χ3n) is 4.27. The van der Waals surface area contributed by atoms with Crippen LogP contribution in [0.4, 0.5) is 0 Å². The summed E-state index contributed by atoms with van der Waals surface area (Å²) in [6.45, 7) is 1.75. The maximum absolute atomic E-state index is 11.9. The van der Waals surface area contributed by atoms with Crippen LogP contribution in [0.3, 0.4) is 0 Å². The van der Waals surface area contributed by atoms with Crippen LogP contribution in [0.5, 0.6) is 0 Å². The van der Waals surface area contributed by atoms with Crippen molar-refractivity contribution in [2.45, 2.75) is 24.8 Å². The standard InChI is InChI=1S/C16H20N4O/c17-16(21)15(13-4-2-1-3-5-13)20-8-6-12(7-9-20)14-10-18-19-11-14/h1-5,10-12,15H,6-9H2,(H2,17,21)(H,18,19). The largest absolute Gasteiger partial charge is 0.368 e. The summed E-state index contributed by atoms with van der Waals surface area (Å²) in [5.74, 6) is 0.243. The molecule has 1 unspecified atom stereocenters. The first-order valence-electron chi connectivity index (χ1n) is 7.32. The minimum absolute atomic E-state index is 0.275. The lowest BCUT2D eigenvalue weighted by Crippen LogP contribution is -2.42. The van der Waals surface area contributed by atoms with Crippen molar-refractivity contribution in [3.63, 3.8) is 0 Å². The zero-order valence-electron chi connectivity index (χ0n) is 11.9. The van der Waals surface area contributed by atoms with Crippen LogP contribution in [-0.2, 0) is 4.79 Å². The summed E-state index contributed by atoms with van der Waals surface area (Å²) >= 11 is 0. The van der Waals surface area contributed by atoms with Gasteiger partial charge in [-0.05, 0) is 43.0 Å². The number of primary amides is 1. The highest BCUT2D eigenvalue weighted by molar-refractivity contribution is 5.81. The molecule has 2 heterocycles. The molecule has 5 nitrogen and oxygen atoms in total. The summed E-state index contributed by atoms with van der Waals surface area (Å²) in [5.41, 5.74) is 7.87. The Morgan fingerprint density at radius 2 is 2.00 bits per heavy atom. The quantitative estimate of drug-likeness (QED) is 0.899. The van der Waals surface area contributed by atoms with Crippen molar-refractivity contribution in [2.75, 3.05) is 13.1 Å². The second-order valence-electron chi connectivity index (χ2n) is 5.56. The zero-order valence-corrected chi connectivity index (χ0v) is 11.9. The summed E-state index contributed by atoms with van der Waals surface area (Å²) in [5, 5.41) is 6.88. The summed E-state index contributed by atoms with van der Waals surface area (Å²) in [6.07, 6.45) is 5.90. The molecule has 3 rings (SSSR count). The smallest absolute Gasteiger partial charge is 0.239 e. The van der Waals surface area contributed by atoms with Crippen LogP contribution < -0.4 is 5.73 Å². The van der Waals surface area contributed by atoms with Crippen LogP contribution in [0.2, 0.25) is 0 Å². The average molecular weight is 284 g/mol. The minimum atomic E-state index is -0.323. The number of carbonyl (C=O) groups is 1. The van der Waals surface area contributed by atoms with Crippen LogP contribution in [-0.4, -0.2) is 34.1 Å². The molecule has 0 spiro atoms. The Kier molecular flexibility index (Phi) is 4.01. The molecule has 2 aromatic rings. The van der Waals surface area contributed by atoms with Crippen LogP contribution in [0.15, 0.2) is 42.7 Å². The minimum Gasteiger partial charge on any atom is -0.368 e. The highest BCUT2D eigenvalue weighted by Crippen LogP contribution is 2.31. The molecule has 21 heavy (non-hydrogen) atoms. The van der Waals surface area contributed by atoms with Gasteiger partial charge in [-0.1, -0.05) is 30.3 Å². The number of carbonyl (C=O) groups excluding carboxylic acids is 1. The van der Waals surface area contributed by atoms with E-state index in [0.717, 1.165) is 31.5 Å². The lowest BCUT2D eigenvalue weighted by Gasteiger charge is -2.36. The van der Waals surface area contributed by atoms with Gasteiger partial charge < -0.3 is 5.73 Å². The van der Waals surface area contributed by atoms with Gasteiger partial charge in [0.05, 0.1) is 6.20 Å². The van der Waals surface area contributed by atoms with Gasteiger partial charge in [0, 0.05) is 6.20 Å². The monoisotopic (exact) mass is 284 g/mol. The Hall–Kier alpha value is -2.14. The number of piperidine rings is 1. The van der Waals surface area contributed by atoms with Crippen molar-refractivity contribution in [2.24, 2.45) is 5.73 Å². The van der Waals surface area contributed by atoms with Gasteiger partial charge in [0.15, 0.2) is 0 Å². The maximum atomic E-state index is 11.9. The third kappa shape index (κ3) is 2.97. The van der Waals surface area contributed by atoms with Crippen molar-refractivity contribution in [3.05, 3.63) is 53.9 Å². The van der Waals surface area contributed by atoms with Gasteiger partial charge in [0.2, 0.25) is 5.91 Å². The van der Waals surface area contributed by atoms with Crippen LogP contribution >= 0.6 is 0 Å². The molecule has 0 radical (unpaired) electrons. The van der Waals surface area contributed by atoms with Crippen LogP contribution in [0.1, 0.15) is 35.9 Å². The molecule has 1 aromatic heterocycles. The van der Waals surface area contributed by atoms with Crippen molar-refractivity contribution in [3.8, 4) is 0 Å². The van der Waals surface area contributed by atoms with Gasteiger partial charge in [-0.3, -0.25) is 14.8 Å². The summed E-state index contributed by atoms with van der Waals surface area (Å²) in [4.78, 5) is 14.1. The van der Waals surface area contributed by atoms with E-state index in [4.69, 9.17) is 5.73 Å². The van der Waals surface area contributed by atoms with E-state index in [1.165, 1.54) is 5.56 Å². The van der Waals surface area contributed by atoms with E-state index in [0.29, 0.717) is 5.92 Å². The molecule has 1 saturated heterocycles. The molecule has 110 valence electrons. The van der Waals surface area contributed by atoms with Gasteiger partial charge in [0.1, 0.15) is 6.04 Å². The molecule has 5 heteroatoms. The van der Waals surface area contributed by atoms with E-state index in [1.807, 2.05) is 42.7 Å². The van der Waals surface area contributed by atoms with Crippen LogP contribution in [0, 0.1) is 0 Å². The van der Waals surface area contributed by atoms with E-state index in [-0.39, 0.29) is 11.9 Å². The van der Waals surface area contributed by atoms with Crippen molar-refractivity contribution >= 4 is 5.91 Å². The number of likely N-dealkylation sites (tertiary alicyclic amines) is 1. The molecule has 0 bridgehead atoms. The lowest BCUT2D eigenvalue weighted by atomic mass is 9.90. The number of nitrogens with zero attached hydrogens (tertiary/aromatic N) is 2. The predicted molar refractivity (Wildman–Crippen MR) is 80.5 cm³/mol. The topological polar surface area (TPSA) is 75.0 Å². The maximum Gasteiger partial charge on any atom is 0.239 e. The normalized spacial score (nSPS) is 18.5. The molecule has 0 aliphatic carbocycles. The second-order valence-corrected chi connectivity index (χ2v) is 5.56. The fourth-order valence-corrected chi connectivity index (χ4v) is 3.17. The van der Waals surface area contributed by atoms with Gasteiger partial charge in [-0.25, -0.2) is 0 Å². The predicted octanol–water partition coefficient (Wildman–Crippen LogP) is 1.82. The molecule has 1 amide bonds. The Labute approximate surface area is 124 Å². The van der Waals surface area contributed by atoms with E-state index in [2.05, 4.69) is 15.1 Å². The Morgan fingerprint density at radius 1 is 1.29 bits per heavy atom. The summed E-state index contributed by atoms with van der Waals surface area (Å²) < 4.78 is 0. The Morgan fingerprint density at radius 3 is 2.57 bits per heavy atom. The molecular weight excluding hydrogens is 264 g/mol. The van der Waals surface area contributed by atoms with E-state index in [1.54, 1.807) is 0 Å².